The zero-order valence-corrected chi connectivity index (χ0v) is 7.23. The average Bonchev–Trinajstić information content (AvgIpc) is 2.11. The molecular weight excluding hydrogens is 184 g/mol. The van der Waals surface area contributed by atoms with Gasteiger partial charge in [-0.05, 0) is 6.08 Å². The van der Waals surface area contributed by atoms with Gasteiger partial charge < -0.3 is 10.8 Å². The summed E-state index contributed by atoms with van der Waals surface area (Å²) in [6, 6.07) is 0.958. The van der Waals surface area contributed by atoms with Crippen LogP contribution in [0.15, 0.2) is 23.5 Å². The fourth-order valence-electron chi connectivity index (χ4n) is 1.09. The van der Waals surface area contributed by atoms with E-state index in [-0.39, 0.29) is 12.0 Å². The van der Waals surface area contributed by atoms with Crippen LogP contribution in [0.25, 0.3) is 0 Å². The molecule has 0 aromatic carbocycles. The van der Waals surface area contributed by atoms with Crippen molar-refractivity contribution in [2.24, 2.45) is 5.73 Å². The first-order valence-electron chi connectivity index (χ1n) is 3.89. The van der Waals surface area contributed by atoms with E-state index in [4.69, 9.17) is 16.1 Å². The summed E-state index contributed by atoms with van der Waals surface area (Å²) in [5, 5.41) is 17.4. The second kappa shape index (κ2) is 3.85. The number of hydrogen-bond acceptors (Lipinski definition) is 5. The standard InChI is InChI=1S/C9H8N2O3/c10-2-1-7(11)6-3-5(12)4-8(13)9(6)14/h3-4,7,13H,1,11H2. The number of ketones is 2. The fourth-order valence-corrected chi connectivity index (χ4v) is 1.09. The molecule has 1 rings (SSSR count). The molecule has 1 aliphatic carbocycles. The highest BCUT2D eigenvalue weighted by atomic mass is 16.3. The topological polar surface area (TPSA) is 104 Å². The molecule has 0 spiro atoms. The van der Waals surface area contributed by atoms with E-state index in [9.17, 15) is 9.59 Å². The van der Waals surface area contributed by atoms with Crippen LogP contribution in [0.2, 0.25) is 0 Å². The summed E-state index contributed by atoms with van der Waals surface area (Å²) in [5.41, 5.74) is 5.45. The summed E-state index contributed by atoms with van der Waals surface area (Å²) < 4.78 is 0. The van der Waals surface area contributed by atoms with Crippen LogP contribution in [-0.2, 0) is 9.59 Å². The monoisotopic (exact) mass is 192 g/mol. The Labute approximate surface area is 80.1 Å². The molecule has 1 atom stereocenters. The molecule has 14 heavy (non-hydrogen) atoms. The first kappa shape index (κ1) is 10.2. The first-order valence-corrected chi connectivity index (χ1v) is 3.89. The van der Waals surface area contributed by atoms with Crippen molar-refractivity contribution in [1.29, 1.82) is 5.26 Å². The van der Waals surface area contributed by atoms with E-state index in [2.05, 4.69) is 0 Å². The van der Waals surface area contributed by atoms with Crippen LogP contribution in [0, 0.1) is 11.3 Å². The highest BCUT2D eigenvalue weighted by Crippen LogP contribution is 2.14. The van der Waals surface area contributed by atoms with Crippen molar-refractivity contribution in [2.45, 2.75) is 12.5 Å². The minimum absolute atomic E-state index is 0.0171. The number of carbonyl (C=O) groups excluding carboxylic acids is 2. The van der Waals surface area contributed by atoms with Gasteiger partial charge in [0.1, 0.15) is 0 Å². The predicted octanol–water partition coefficient (Wildman–Crippen LogP) is -0.253. The zero-order chi connectivity index (χ0) is 10.7. The molecule has 0 amide bonds. The largest absolute Gasteiger partial charge is 0.504 e. The van der Waals surface area contributed by atoms with Gasteiger partial charge in [0.25, 0.3) is 0 Å². The number of hydrogen-bond donors (Lipinski definition) is 2. The molecule has 3 N–H and O–H groups in total. The maximum absolute atomic E-state index is 11.3. The van der Waals surface area contributed by atoms with E-state index in [1.807, 2.05) is 0 Å². The van der Waals surface area contributed by atoms with E-state index >= 15 is 0 Å². The van der Waals surface area contributed by atoms with Gasteiger partial charge in [0.15, 0.2) is 11.5 Å². The maximum atomic E-state index is 11.3. The number of rotatable bonds is 2. The van der Waals surface area contributed by atoms with Crippen molar-refractivity contribution in [3.05, 3.63) is 23.5 Å². The van der Waals surface area contributed by atoms with Crippen LogP contribution in [0.4, 0.5) is 0 Å². The summed E-state index contributed by atoms with van der Waals surface area (Å²) in [7, 11) is 0. The molecule has 1 aliphatic rings. The second-order valence-electron chi connectivity index (χ2n) is 2.83. The smallest absolute Gasteiger partial charge is 0.225 e. The summed E-state index contributed by atoms with van der Waals surface area (Å²) in [6.07, 6.45) is 1.80. The molecule has 5 heteroatoms. The molecule has 0 radical (unpaired) electrons. The third kappa shape index (κ3) is 1.87. The average molecular weight is 192 g/mol. The van der Waals surface area contributed by atoms with Crippen molar-refractivity contribution in [3.63, 3.8) is 0 Å². The summed E-state index contributed by atoms with van der Waals surface area (Å²) in [4.78, 5) is 22.2. The molecule has 0 saturated carbocycles. The molecule has 0 aromatic heterocycles. The number of carbonyl (C=O) groups is 2. The van der Waals surface area contributed by atoms with Crippen molar-refractivity contribution in [2.75, 3.05) is 0 Å². The summed E-state index contributed by atoms with van der Waals surface area (Å²) >= 11 is 0. The van der Waals surface area contributed by atoms with Gasteiger partial charge in [0.2, 0.25) is 5.78 Å². The van der Waals surface area contributed by atoms with E-state index in [0.717, 1.165) is 12.2 Å². The predicted molar refractivity (Wildman–Crippen MR) is 47.0 cm³/mol. The Kier molecular flexibility index (Phi) is 2.79. The summed E-state index contributed by atoms with van der Waals surface area (Å²) in [6.45, 7) is 0. The van der Waals surface area contributed by atoms with Crippen molar-refractivity contribution in [1.82, 2.24) is 0 Å². The van der Waals surface area contributed by atoms with Gasteiger partial charge in [0, 0.05) is 17.7 Å². The van der Waals surface area contributed by atoms with Crippen LogP contribution in [0.3, 0.4) is 0 Å². The Hall–Kier alpha value is -1.93. The molecule has 0 aromatic rings. The van der Waals surface area contributed by atoms with Crippen LogP contribution in [-0.4, -0.2) is 22.7 Å². The molecule has 5 nitrogen and oxygen atoms in total. The van der Waals surface area contributed by atoms with Crippen molar-refractivity contribution >= 4 is 11.6 Å². The lowest BCUT2D eigenvalue weighted by Gasteiger charge is -2.13. The number of nitrogens with two attached hydrogens (primary N) is 1. The number of nitrogens with zero attached hydrogens (tertiary/aromatic N) is 1. The van der Waals surface area contributed by atoms with Gasteiger partial charge in [-0.2, -0.15) is 5.26 Å². The number of nitriles is 1. The Morgan fingerprint density at radius 1 is 1.50 bits per heavy atom. The fraction of sp³-hybridized carbons (Fsp3) is 0.222. The van der Waals surface area contributed by atoms with E-state index in [0.29, 0.717) is 0 Å². The van der Waals surface area contributed by atoms with Gasteiger partial charge in [-0.1, -0.05) is 0 Å². The van der Waals surface area contributed by atoms with Gasteiger partial charge >= 0.3 is 0 Å². The van der Waals surface area contributed by atoms with Crippen LogP contribution < -0.4 is 5.73 Å². The normalized spacial score (nSPS) is 18.3. The minimum Gasteiger partial charge on any atom is -0.504 e. The first-order chi connectivity index (χ1) is 6.56. The zero-order valence-electron chi connectivity index (χ0n) is 7.23. The Bertz CT molecular complexity index is 387. The third-order valence-corrected chi connectivity index (χ3v) is 1.78. The molecule has 0 heterocycles. The summed E-state index contributed by atoms with van der Waals surface area (Å²) in [5.74, 6) is -1.81. The maximum Gasteiger partial charge on any atom is 0.225 e. The minimum atomic E-state index is -0.827. The van der Waals surface area contributed by atoms with Crippen LogP contribution in [0.1, 0.15) is 6.42 Å². The molecule has 0 aliphatic heterocycles. The molecular formula is C9H8N2O3. The van der Waals surface area contributed by atoms with Crippen molar-refractivity contribution < 1.29 is 14.7 Å². The molecule has 0 saturated heterocycles. The molecule has 0 bridgehead atoms. The van der Waals surface area contributed by atoms with Gasteiger partial charge in [-0.25, -0.2) is 0 Å². The van der Waals surface area contributed by atoms with E-state index in [1.54, 1.807) is 6.07 Å². The number of aliphatic hydroxyl groups excluding tert-OH is 1. The third-order valence-electron chi connectivity index (χ3n) is 1.78. The molecule has 72 valence electrons. The van der Waals surface area contributed by atoms with Gasteiger partial charge in [0.05, 0.1) is 12.5 Å². The van der Waals surface area contributed by atoms with Gasteiger partial charge in [-0.3, -0.25) is 9.59 Å². The van der Waals surface area contributed by atoms with E-state index < -0.39 is 23.4 Å². The SMILES string of the molecule is N#CCC(N)C1=CC(=O)C=C(O)C1=O. The van der Waals surface area contributed by atoms with Crippen LogP contribution >= 0.6 is 0 Å². The highest BCUT2D eigenvalue weighted by molar-refractivity contribution is 6.19. The number of Topliss-reactive ketones (excluding diaryl/α,β-unsaturated/α-hetero) is 1. The quantitative estimate of drug-likeness (QED) is 0.587. The Morgan fingerprint density at radius 3 is 2.71 bits per heavy atom. The Balaban J connectivity index is 2.95. The lowest BCUT2D eigenvalue weighted by molar-refractivity contribution is -0.117. The highest BCUT2D eigenvalue weighted by Gasteiger charge is 2.25. The lowest BCUT2D eigenvalue weighted by Crippen LogP contribution is -2.30. The van der Waals surface area contributed by atoms with E-state index in [1.165, 1.54) is 0 Å². The molecule has 1 unspecified atom stereocenters. The second-order valence-corrected chi connectivity index (χ2v) is 2.83. The Morgan fingerprint density at radius 2 is 2.14 bits per heavy atom. The number of aliphatic hydroxyl groups is 1. The lowest BCUT2D eigenvalue weighted by atomic mass is 9.94. The van der Waals surface area contributed by atoms with Crippen LogP contribution in [0.5, 0.6) is 0 Å². The van der Waals surface area contributed by atoms with Crippen molar-refractivity contribution in [3.8, 4) is 6.07 Å². The molecule has 0 fully saturated rings. The number of allylic oxidation sites excluding steroid dienone is 3. The van der Waals surface area contributed by atoms with Gasteiger partial charge in [-0.15, -0.1) is 0 Å².